The summed E-state index contributed by atoms with van der Waals surface area (Å²) in [4.78, 5) is 22.9. The first kappa shape index (κ1) is 19.4. The van der Waals surface area contributed by atoms with Crippen LogP contribution in [0.25, 0.3) is 16.9 Å². The van der Waals surface area contributed by atoms with Gasteiger partial charge >= 0.3 is 5.97 Å². The molecule has 0 aliphatic carbocycles. The number of ether oxygens (including phenoxy) is 1. The highest BCUT2D eigenvalue weighted by Crippen LogP contribution is 2.31. The number of carboxylic acid groups (broad SMARTS) is 1. The van der Waals surface area contributed by atoms with E-state index in [0.29, 0.717) is 17.2 Å². The predicted octanol–water partition coefficient (Wildman–Crippen LogP) is 3.86. The van der Waals surface area contributed by atoms with Crippen molar-refractivity contribution in [2.24, 2.45) is 0 Å². The van der Waals surface area contributed by atoms with E-state index in [2.05, 4.69) is 15.0 Å². The molecule has 0 unspecified atom stereocenters. The summed E-state index contributed by atoms with van der Waals surface area (Å²) in [6.45, 7) is 1.77. The molecule has 0 amide bonds. The van der Waals surface area contributed by atoms with Crippen LogP contribution in [-0.4, -0.2) is 55.4 Å². The lowest BCUT2D eigenvalue weighted by Crippen LogP contribution is -2.33. The normalized spacial score (nSPS) is 14.0. The molecule has 0 radical (unpaired) electrons. The fourth-order valence-electron chi connectivity index (χ4n) is 3.43. The summed E-state index contributed by atoms with van der Waals surface area (Å²) >= 11 is 1.92. The summed E-state index contributed by atoms with van der Waals surface area (Å²) < 4.78 is 7.37. The molecule has 8 nitrogen and oxygen atoms in total. The number of hydrogen-bond acceptors (Lipinski definition) is 7. The Kier molecular flexibility index (Phi) is 5.17. The highest BCUT2D eigenvalue weighted by Gasteiger charge is 2.19. The van der Waals surface area contributed by atoms with Crippen LogP contribution in [0.3, 0.4) is 0 Å². The summed E-state index contributed by atoms with van der Waals surface area (Å²) in [7, 11) is 0. The Labute approximate surface area is 182 Å². The monoisotopic (exact) mass is 433 g/mol. The van der Waals surface area contributed by atoms with Crippen LogP contribution in [0.2, 0.25) is 0 Å². The third kappa shape index (κ3) is 4.04. The fraction of sp³-hybridized carbons (Fsp3) is 0.182. The quantitative estimate of drug-likeness (QED) is 0.507. The highest BCUT2D eigenvalue weighted by molar-refractivity contribution is 7.99. The maximum atomic E-state index is 11.3. The van der Waals surface area contributed by atoms with Gasteiger partial charge in [0.1, 0.15) is 17.3 Å². The van der Waals surface area contributed by atoms with E-state index in [0.717, 1.165) is 41.5 Å². The van der Waals surface area contributed by atoms with E-state index < -0.39 is 5.97 Å². The van der Waals surface area contributed by atoms with E-state index in [1.807, 2.05) is 60.3 Å². The largest absolute Gasteiger partial charge is 0.478 e. The molecule has 3 heterocycles. The number of fused-ring (bicyclic) bond motifs is 1. The predicted molar refractivity (Wildman–Crippen MR) is 120 cm³/mol. The Bertz CT molecular complexity index is 1240. The number of thioether (sulfide) groups is 1. The molecule has 1 aliphatic rings. The molecule has 31 heavy (non-hydrogen) atoms. The average molecular weight is 433 g/mol. The van der Waals surface area contributed by atoms with E-state index in [1.165, 1.54) is 17.1 Å². The molecule has 2 aromatic heterocycles. The third-order valence-electron chi connectivity index (χ3n) is 4.96. The Morgan fingerprint density at radius 3 is 2.58 bits per heavy atom. The molecule has 0 saturated carbocycles. The average Bonchev–Trinajstić information content (AvgIpc) is 3.30. The molecule has 1 fully saturated rings. The van der Waals surface area contributed by atoms with E-state index in [9.17, 15) is 9.90 Å². The van der Waals surface area contributed by atoms with Gasteiger partial charge < -0.3 is 14.7 Å². The van der Waals surface area contributed by atoms with Crippen LogP contribution in [0.15, 0.2) is 60.9 Å². The van der Waals surface area contributed by atoms with E-state index >= 15 is 0 Å². The number of carboxylic acids is 1. The molecule has 156 valence electrons. The van der Waals surface area contributed by atoms with Crippen LogP contribution in [0.1, 0.15) is 10.4 Å². The Balaban J connectivity index is 1.61. The number of para-hydroxylation sites is 1. The van der Waals surface area contributed by atoms with Crippen molar-refractivity contribution in [1.29, 1.82) is 0 Å². The highest BCUT2D eigenvalue weighted by atomic mass is 32.2. The summed E-state index contributed by atoms with van der Waals surface area (Å²) in [5.41, 5.74) is 0.791. The number of rotatable bonds is 5. The number of carbonyl (C=O) groups is 1. The smallest absolute Gasteiger partial charge is 0.338 e. The van der Waals surface area contributed by atoms with Gasteiger partial charge in [-0.2, -0.15) is 21.8 Å². The van der Waals surface area contributed by atoms with Crippen LogP contribution in [0.4, 0.5) is 5.82 Å². The Morgan fingerprint density at radius 1 is 1.03 bits per heavy atom. The molecule has 0 bridgehead atoms. The molecule has 9 heteroatoms. The molecule has 2 aromatic carbocycles. The second kappa shape index (κ2) is 8.27. The first-order valence-corrected chi connectivity index (χ1v) is 11.0. The van der Waals surface area contributed by atoms with Crippen molar-refractivity contribution in [2.45, 2.75) is 0 Å². The zero-order chi connectivity index (χ0) is 21.2. The first-order valence-electron chi connectivity index (χ1n) is 9.83. The first-order chi connectivity index (χ1) is 15.2. The van der Waals surface area contributed by atoms with Crippen molar-refractivity contribution in [3.63, 3.8) is 0 Å². The zero-order valence-corrected chi connectivity index (χ0v) is 17.3. The van der Waals surface area contributed by atoms with Crippen LogP contribution >= 0.6 is 11.8 Å². The van der Waals surface area contributed by atoms with Gasteiger partial charge in [0.05, 0.1) is 17.3 Å². The van der Waals surface area contributed by atoms with Crippen molar-refractivity contribution >= 4 is 34.5 Å². The minimum Gasteiger partial charge on any atom is -0.478 e. The van der Waals surface area contributed by atoms with E-state index in [-0.39, 0.29) is 5.56 Å². The second-order valence-corrected chi connectivity index (χ2v) is 8.24. The topological polar surface area (TPSA) is 93.4 Å². The van der Waals surface area contributed by atoms with Crippen LogP contribution in [-0.2, 0) is 0 Å². The zero-order valence-electron chi connectivity index (χ0n) is 16.5. The van der Waals surface area contributed by atoms with E-state index in [1.54, 1.807) is 0 Å². The van der Waals surface area contributed by atoms with Gasteiger partial charge in [-0.15, -0.1) is 0 Å². The van der Waals surface area contributed by atoms with E-state index in [4.69, 9.17) is 9.72 Å². The van der Waals surface area contributed by atoms with Gasteiger partial charge in [0.2, 0.25) is 0 Å². The molecular formula is C22H19N5O3S. The molecular weight excluding hydrogens is 414 g/mol. The number of benzene rings is 2. The van der Waals surface area contributed by atoms with Gasteiger partial charge in [-0.25, -0.2) is 14.5 Å². The Hall–Kier alpha value is -3.59. The molecule has 0 atom stereocenters. The number of anilines is 1. The standard InChI is InChI=1S/C22H19N5O3S/c28-21(29)15-13-23-27(14-15)22-24-19-12-17(30-16-4-2-1-3-5-16)6-7-18(19)20(25-22)26-8-10-31-11-9-26/h1-7,12-14H,8-11H2,(H,28,29). The lowest BCUT2D eigenvalue weighted by molar-refractivity contribution is 0.0697. The van der Waals surface area contributed by atoms with Gasteiger partial charge in [-0.05, 0) is 24.3 Å². The lowest BCUT2D eigenvalue weighted by Gasteiger charge is -2.28. The number of aromatic nitrogens is 4. The van der Waals surface area contributed by atoms with Crippen LogP contribution < -0.4 is 9.64 Å². The number of nitrogens with zero attached hydrogens (tertiary/aromatic N) is 5. The van der Waals surface area contributed by atoms with Gasteiger partial charge in [-0.1, -0.05) is 18.2 Å². The fourth-order valence-corrected chi connectivity index (χ4v) is 4.33. The maximum absolute atomic E-state index is 11.3. The molecule has 1 N–H and O–H groups in total. The number of aromatic carboxylic acids is 1. The van der Waals surface area contributed by atoms with Crippen molar-refractivity contribution in [2.75, 3.05) is 29.5 Å². The summed E-state index contributed by atoms with van der Waals surface area (Å²) in [6, 6.07) is 15.3. The lowest BCUT2D eigenvalue weighted by atomic mass is 10.2. The minimum atomic E-state index is -1.04. The number of hydrogen-bond donors (Lipinski definition) is 1. The molecule has 1 aliphatic heterocycles. The molecule has 5 rings (SSSR count). The van der Waals surface area contributed by atoms with Crippen LogP contribution in [0.5, 0.6) is 11.5 Å². The van der Waals surface area contributed by atoms with Gasteiger partial charge in [0, 0.05) is 42.2 Å². The summed E-state index contributed by atoms with van der Waals surface area (Å²) in [6.07, 6.45) is 2.71. The molecule has 4 aromatic rings. The van der Waals surface area contributed by atoms with Gasteiger partial charge in [0.15, 0.2) is 0 Å². The van der Waals surface area contributed by atoms with Crippen molar-refractivity contribution in [3.05, 3.63) is 66.5 Å². The van der Waals surface area contributed by atoms with Crippen molar-refractivity contribution in [1.82, 2.24) is 19.7 Å². The molecule has 1 saturated heterocycles. The van der Waals surface area contributed by atoms with Crippen molar-refractivity contribution in [3.8, 4) is 17.4 Å². The van der Waals surface area contributed by atoms with Crippen molar-refractivity contribution < 1.29 is 14.6 Å². The second-order valence-electron chi connectivity index (χ2n) is 7.02. The summed E-state index contributed by atoms with van der Waals surface area (Å²) in [5, 5.41) is 14.3. The third-order valence-corrected chi connectivity index (χ3v) is 5.90. The van der Waals surface area contributed by atoms with Gasteiger partial charge in [-0.3, -0.25) is 0 Å². The van der Waals surface area contributed by atoms with Crippen LogP contribution in [0, 0.1) is 0 Å². The SMILES string of the molecule is O=C(O)c1cnn(-c2nc(N3CCSCC3)c3ccc(Oc4ccccc4)cc3n2)c1. The molecule has 0 spiro atoms. The summed E-state index contributed by atoms with van der Waals surface area (Å²) in [5.74, 6) is 3.56. The minimum absolute atomic E-state index is 0.0841. The maximum Gasteiger partial charge on any atom is 0.338 e. The Morgan fingerprint density at radius 2 is 1.84 bits per heavy atom. The van der Waals surface area contributed by atoms with Gasteiger partial charge in [0.25, 0.3) is 5.95 Å².